The lowest BCUT2D eigenvalue weighted by atomic mass is 9.68. The van der Waals surface area contributed by atoms with Crippen LogP contribution >= 0.6 is 11.3 Å². The molecule has 27 heavy (non-hydrogen) atoms. The van der Waals surface area contributed by atoms with Crippen molar-refractivity contribution >= 4 is 30.1 Å². The third kappa shape index (κ3) is 3.83. The third-order valence-electron chi connectivity index (χ3n) is 4.42. The predicted molar refractivity (Wildman–Crippen MR) is 104 cm³/mol. The first kappa shape index (κ1) is 18.3. The van der Waals surface area contributed by atoms with Crippen LogP contribution in [0.2, 0.25) is 0 Å². The van der Waals surface area contributed by atoms with Crippen molar-refractivity contribution in [1.82, 2.24) is 5.32 Å². The van der Waals surface area contributed by atoms with Gasteiger partial charge in [-0.3, -0.25) is 0 Å². The van der Waals surface area contributed by atoms with E-state index in [4.69, 9.17) is 18.8 Å². The molecule has 0 aromatic carbocycles. The van der Waals surface area contributed by atoms with Gasteiger partial charge in [0.25, 0.3) is 0 Å². The van der Waals surface area contributed by atoms with Crippen LogP contribution in [0, 0.1) is 0 Å². The van der Waals surface area contributed by atoms with Crippen molar-refractivity contribution < 1.29 is 23.6 Å². The molecule has 1 N–H and O–H groups in total. The Hall–Kier alpha value is -2.03. The van der Waals surface area contributed by atoms with E-state index in [2.05, 4.69) is 11.4 Å². The Morgan fingerprint density at radius 2 is 2.26 bits per heavy atom. The van der Waals surface area contributed by atoms with E-state index in [0.717, 1.165) is 27.1 Å². The molecule has 1 atom stereocenters. The number of alkyl carbamates (subject to hydrolysis) is 1. The lowest BCUT2D eigenvalue weighted by Crippen LogP contribution is -2.43. The number of carbonyl (C=O) groups is 1. The summed E-state index contributed by atoms with van der Waals surface area (Å²) < 4.78 is 23.0. The van der Waals surface area contributed by atoms with Crippen LogP contribution in [-0.2, 0) is 18.8 Å². The second kappa shape index (κ2) is 7.18. The van der Waals surface area contributed by atoms with Crippen molar-refractivity contribution in [2.24, 2.45) is 0 Å². The van der Waals surface area contributed by atoms with Crippen molar-refractivity contribution in [3.8, 4) is 0 Å². The summed E-state index contributed by atoms with van der Waals surface area (Å²) in [6, 6.07) is 4.07. The summed E-state index contributed by atoms with van der Waals surface area (Å²) in [6.45, 7) is 6.81. The van der Waals surface area contributed by atoms with Gasteiger partial charge in [0.1, 0.15) is 12.2 Å². The highest BCUT2D eigenvalue weighted by molar-refractivity contribution is 7.11. The zero-order valence-corrected chi connectivity index (χ0v) is 16.4. The fourth-order valence-corrected chi connectivity index (χ4v) is 4.22. The van der Waals surface area contributed by atoms with Crippen molar-refractivity contribution in [1.29, 1.82) is 0 Å². The van der Waals surface area contributed by atoms with Gasteiger partial charge in [-0.25, -0.2) is 4.79 Å². The molecule has 0 spiro atoms. The Bertz CT molecular complexity index is 822. The van der Waals surface area contributed by atoms with Gasteiger partial charge in [0.05, 0.1) is 19.0 Å². The van der Waals surface area contributed by atoms with Gasteiger partial charge in [0.2, 0.25) is 0 Å². The number of carbonyl (C=O) groups excluding carboxylic acids is 1. The molecule has 0 aliphatic carbocycles. The lowest BCUT2D eigenvalue weighted by molar-refractivity contribution is 0.0506. The normalized spacial score (nSPS) is 21.7. The van der Waals surface area contributed by atoms with E-state index in [1.54, 1.807) is 17.6 Å². The summed E-state index contributed by atoms with van der Waals surface area (Å²) in [6.07, 6.45) is 2.89. The van der Waals surface area contributed by atoms with E-state index in [1.165, 1.54) is 0 Å². The van der Waals surface area contributed by atoms with Gasteiger partial charge in [0.15, 0.2) is 0 Å². The molecule has 0 saturated carbocycles. The minimum Gasteiger partial charge on any atom is -0.497 e. The van der Waals surface area contributed by atoms with Crippen LogP contribution in [0.15, 0.2) is 46.5 Å². The van der Waals surface area contributed by atoms with Crippen LogP contribution < -0.4 is 5.32 Å². The highest BCUT2D eigenvalue weighted by Crippen LogP contribution is 2.42. The summed E-state index contributed by atoms with van der Waals surface area (Å²) in [4.78, 5) is 13.2. The largest absolute Gasteiger partial charge is 0.497 e. The first-order valence-electron chi connectivity index (χ1n) is 8.95. The minimum absolute atomic E-state index is 0.294. The molecule has 8 heteroatoms. The third-order valence-corrected chi connectivity index (χ3v) is 5.32. The van der Waals surface area contributed by atoms with E-state index < -0.39 is 18.8 Å². The summed E-state index contributed by atoms with van der Waals surface area (Å²) in [5.74, 6) is 0. The fraction of sp³-hybridized carbons (Fsp3) is 0.421. The average molecular weight is 387 g/mol. The molecule has 3 aliphatic heterocycles. The maximum absolute atomic E-state index is 12.1. The van der Waals surface area contributed by atoms with Crippen LogP contribution in [0.25, 0.3) is 5.57 Å². The summed E-state index contributed by atoms with van der Waals surface area (Å²) in [5, 5.41) is 4.86. The van der Waals surface area contributed by atoms with Gasteiger partial charge in [0, 0.05) is 17.0 Å². The maximum atomic E-state index is 12.1. The minimum atomic E-state index is -0.548. The first-order chi connectivity index (χ1) is 12.9. The second-order valence-electron chi connectivity index (χ2n) is 7.59. The molecule has 0 fully saturated rings. The van der Waals surface area contributed by atoms with Gasteiger partial charge < -0.3 is 24.1 Å². The Labute approximate surface area is 163 Å². The predicted octanol–water partition coefficient (Wildman–Crippen LogP) is 3.32. The van der Waals surface area contributed by atoms with Gasteiger partial charge in [-0.15, -0.1) is 11.3 Å². The zero-order valence-electron chi connectivity index (χ0n) is 15.6. The zero-order chi connectivity index (χ0) is 19.0. The molecule has 142 valence electrons. The van der Waals surface area contributed by atoms with E-state index in [-0.39, 0.29) is 6.10 Å². The highest BCUT2D eigenvalue weighted by atomic mass is 32.1. The van der Waals surface area contributed by atoms with Crippen LogP contribution in [0.3, 0.4) is 0 Å². The molecule has 0 bridgehead atoms. The molecule has 4 heterocycles. The smallest absolute Gasteiger partial charge is 0.495 e. The van der Waals surface area contributed by atoms with Crippen LogP contribution in [0.4, 0.5) is 4.79 Å². The van der Waals surface area contributed by atoms with Gasteiger partial charge in [-0.1, -0.05) is 6.07 Å². The van der Waals surface area contributed by atoms with Crippen LogP contribution in [0.1, 0.15) is 25.6 Å². The fourth-order valence-electron chi connectivity index (χ4n) is 3.39. The summed E-state index contributed by atoms with van der Waals surface area (Å²) in [5.41, 5.74) is 3.72. The molecule has 0 unspecified atom stereocenters. The molecule has 0 radical (unpaired) electrons. The topological polar surface area (TPSA) is 66.0 Å². The number of amides is 1. The quantitative estimate of drug-likeness (QED) is 0.807. The molecule has 0 saturated heterocycles. The van der Waals surface area contributed by atoms with Crippen molar-refractivity contribution in [3.63, 3.8) is 0 Å². The van der Waals surface area contributed by atoms with Crippen molar-refractivity contribution in [2.75, 3.05) is 19.8 Å². The van der Waals surface area contributed by atoms with E-state index in [9.17, 15) is 4.79 Å². The standard InChI is InChI=1S/C19H22BNO5S/c1-19(2,3)25-18(22)21-9-14-16(15-5-4-8-27-15)13-6-7-23-10-12-11-24-20(26-14)17(12)13/h4-8,14H,9-11H2,1-3H3,(H,21,22)/t14-/m1/s1. The number of thiophene rings is 1. The average Bonchev–Trinajstić information content (AvgIpc) is 3.20. The monoisotopic (exact) mass is 387 g/mol. The number of hydrogen-bond acceptors (Lipinski definition) is 6. The maximum Gasteiger partial charge on any atom is 0.495 e. The Morgan fingerprint density at radius 1 is 1.41 bits per heavy atom. The van der Waals surface area contributed by atoms with Gasteiger partial charge >= 0.3 is 13.2 Å². The number of allylic oxidation sites excluding steroid dienone is 3. The SMILES string of the molecule is CC(C)(C)OC(=O)NC[C@H]1OB2OCC3=C2C(=C1c1cccs1)C=COC3. The number of rotatable bonds is 3. The Morgan fingerprint density at radius 3 is 3.00 bits per heavy atom. The summed E-state index contributed by atoms with van der Waals surface area (Å²) >= 11 is 1.64. The molecule has 1 amide bonds. The van der Waals surface area contributed by atoms with E-state index >= 15 is 0 Å². The summed E-state index contributed by atoms with van der Waals surface area (Å²) in [7, 11) is -0.435. The Kier molecular flexibility index (Phi) is 4.88. The van der Waals surface area contributed by atoms with Crippen LogP contribution in [0.5, 0.6) is 0 Å². The number of nitrogens with one attached hydrogen (secondary N) is 1. The highest BCUT2D eigenvalue weighted by Gasteiger charge is 2.44. The molecule has 6 nitrogen and oxygen atoms in total. The number of hydrogen-bond donors (Lipinski definition) is 1. The molecule has 1 aromatic rings. The second-order valence-corrected chi connectivity index (χ2v) is 8.53. The van der Waals surface area contributed by atoms with Crippen molar-refractivity contribution in [3.05, 3.63) is 51.3 Å². The van der Waals surface area contributed by atoms with Gasteiger partial charge in [-0.2, -0.15) is 0 Å². The van der Waals surface area contributed by atoms with Gasteiger partial charge in [-0.05, 0) is 54.9 Å². The Balaban J connectivity index is 1.66. The van der Waals surface area contributed by atoms with Crippen molar-refractivity contribution in [2.45, 2.75) is 32.5 Å². The molecular weight excluding hydrogens is 365 g/mol. The molecular formula is C19H22BNO5S. The number of ether oxygens (including phenoxy) is 2. The lowest BCUT2D eigenvalue weighted by Gasteiger charge is -2.31. The van der Waals surface area contributed by atoms with Crippen LogP contribution in [-0.4, -0.2) is 44.7 Å². The molecule has 4 rings (SSSR count). The molecule has 3 aliphatic rings. The van der Waals surface area contributed by atoms with E-state index in [0.29, 0.717) is 19.8 Å². The van der Waals surface area contributed by atoms with E-state index in [1.807, 2.05) is 38.3 Å². The first-order valence-corrected chi connectivity index (χ1v) is 9.83. The molecule has 1 aromatic heterocycles.